The smallest absolute Gasteiger partial charge is 0.252 e. The molecule has 0 atom stereocenters. The first-order chi connectivity index (χ1) is 12.6. The van der Waals surface area contributed by atoms with Crippen LogP contribution in [0.25, 0.3) is 0 Å². The lowest BCUT2D eigenvalue weighted by atomic mass is 10.0. The largest absolute Gasteiger partial charge is 0.349 e. The summed E-state index contributed by atoms with van der Waals surface area (Å²) < 4.78 is 0. The van der Waals surface area contributed by atoms with Crippen molar-refractivity contribution in [3.63, 3.8) is 0 Å². The van der Waals surface area contributed by atoms with E-state index in [0.717, 1.165) is 37.2 Å². The Labute approximate surface area is 163 Å². The number of nitrogens with one attached hydrogen (secondary N) is 1. The molecule has 1 saturated heterocycles. The summed E-state index contributed by atoms with van der Waals surface area (Å²) in [6.45, 7) is 3.53. The minimum atomic E-state index is -0.00950. The number of carbonyl (C=O) groups excluding carboxylic acids is 2. The molecule has 2 amide bonds. The molecule has 3 rings (SSSR count). The monoisotopic (exact) mass is 388 g/mol. The molecule has 6 heteroatoms. The molecule has 1 aliphatic heterocycles. The molecule has 1 fully saturated rings. The molecule has 1 N–H and O–H groups in total. The normalized spacial score (nSPS) is 15.0. The fourth-order valence-corrected chi connectivity index (χ4v) is 4.60. The van der Waals surface area contributed by atoms with Gasteiger partial charge in [-0.1, -0.05) is 29.8 Å². The molecule has 1 aliphatic rings. The molecule has 0 radical (unpaired) electrons. The second kappa shape index (κ2) is 9.24. The van der Waals surface area contributed by atoms with Gasteiger partial charge in [0.05, 0.1) is 5.75 Å². The van der Waals surface area contributed by atoms with Crippen molar-refractivity contribution in [2.45, 2.75) is 31.6 Å². The molecule has 2 aromatic rings. The molecular formula is C20H24N2O2S2. The van der Waals surface area contributed by atoms with E-state index in [9.17, 15) is 9.59 Å². The molecule has 26 heavy (non-hydrogen) atoms. The fourth-order valence-electron chi connectivity index (χ4n) is 3.09. The molecule has 138 valence electrons. The summed E-state index contributed by atoms with van der Waals surface area (Å²) in [7, 11) is 0. The van der Waals surface area contributed by atoms with Gasteiger partial charge in [-0.15, -0.1) is 11.8 Å². The number of benzene rings is 1. The van der Waals surface area contributed by atoms with Crippen LogP contribution in [-0.4, -0.2) is 41.6 Å². The number of thiophene rings is 1. The van der Waals surface area contributed by atoms with Crippen molar-refractivity contribution in [3.8, 4) is 0 Å². The Morgan fingerprint density at radius 3 is 2.77 bits per heavy atom. The lowest BCUT2D eigenvalue weighted by Gasteiger charge is -2.32. The minimum absolute atomic E-state index is 0.00950. The van der Waals surface area contributed by atoms with Crippen LogP contribution in [0.1, 0.15) is 34.3 Å². The Balaban J connectivity index is 1.37. The van der Waals surface area contributed by atoms with Gasteiger partial charge < -0.3 is 10.2 Å². The van der Waals surface area contributed by atoms with Crippen LogP contribution in [0.15, 0.2) is 41.1 Å². The van der Waals surface area contributed by atoms with E-state index in [4.69, 9.17) is 0 Å². The number of aryl methyl sites for hydroxylation is 1. The van der Waals surface area contributed by atoms with Gasteiger partial charge in [-0.3, -0.25) is 9.59 Å². The Bertz CT molecular complexity index is 738. The summed E-state index contributed by atoms with van der Waals surface area (Å²) in [6, 6.07) is 10.4. The van der Waals surface area contributed by atoms with Crippen LogP contribution in [0.2, 0.25) is 0 Å². The molecule has 1 aromatic heterocycles. The van der Waals surface area contributed by atoms with Gasteiger partial charge in [-0.2, -0.15) is 11.3 Å². The van der Waals surface area contributed by atoms with E-state index in [-0.39, 0.29) is 17.9 Å². The molecular weight excluding hydrogens is 364 g/mol. The molecule has 0 spiro atoms. The number of nitrogens with zero attached hydrogens (tertiary/aromatic N) is 1. The van der Waals surface area contributed by atoms with Crippen molar-refractivity contribution < 1.29 is 9.59 Å². The fraction of sp³-hybridized carbons (Fsp3) is 0.400. The van der Waals surface area contributed by atoms with Crippen molar-refractivity contribution in [3.05, 3.63) is 57.8 Å². The molecule has 0 unspecified atom stereocenters. The number of hydrogen-bond acceptors (Lipinski definition) is 4. The van der Waals surface area contributed by atoms with Crippen molar-refractivity contribution >= 4 is 34.9 Å². The standard InChI is InChI=1S/C20H24N2O2S2/c1-15-3-2-4-16(11-15)12-26-14-19(23)22-8-5-18(6-9-22)21-20(24)17-7-10-25-13-17/h2-4,7,10-11,13,18H,5-6,8-9,12,14H2,1H3,(H,21,24). The number of piperidine rings is 1. The van der Waals surface area contributed by atoms with Crippen LogP contribution in [0, 0.1) is 6.92 Å². The predicted molar refractivity (Wildman–Crippen MR) is 109 cm³/mol. The maximum absolute atomic E-state index is 12.4. The highest BCUT2D eigenvalue weighted by Gasteiger charge is 2.24. The quantitative estimate of drug-likeness (QED) is 0.821. The number of thioether (sulfide) groups is 1. The van der Waals surface area contributed by atoms with Gasteiger partial charge in [0.15, 0.2) is 0 Å². The van der Waals surface area contributed by atoms with Crippen molar-refractivity contribution in [2.75, 3.05) is 18.8 Å². The number of rotatable bonds is 6. The van der Waals surface area contributed by atoms with Crippen LogP contribution in [0.3, 0.4) is 0 Å². The highest BCUT2D eigenvalue weighted by Crippen LogP contribution is 2.17. The van der Waals surface area contributed by atoms with Crippen LogP contribution < -0.4 is 5.32 Å². The van der Waals surface area contributed by atoms with E-state index in [0.29, 0.717) is 5.75 Å². The summed E-state index contributed by atoms with van der Waals surface area (Å²) in [6.07, 6.45) is 1.65. The van der Waals surface area contributed by atoms with Gasteiger partial charge in [-0.25, -0.2) is 0 Å². The Hall–Kier alpha value is -1.79. The van der Waals surface area contributed by atoms with E-state index >= 15 is 0 Å². The third-order valence-corrected chi connectivity index (χ3v) is 6.21. The van der Waals surface area contributed by atoms with E-state index in [1.54, 1.807) is 11.8 Å². The number of likely N-dealkylation sites (tertiary alicyclic amines) is 1. The predicted octanol–water partition coefficient (Wildman–Crippen LogP) is 3.71. The second-order valence-corrected chi connectivity index (χ2v) is 8.39. The zero-order chi connectivity index (χ0) is 18.4. The molecule has 4 nitrogen and oxygen atoms in total. The molecule has 0 aliphatic carbocycles. The number of carbonyl (C=O) groups is 2. The van der Waals surface area contributed by atoms with Gasteiger partial charge in [0.2, 0.25) is 5.91 Å². The maximum Gasteiger partial charge on any atom is 0.252 e. The number of hydrogen-bond donors (Lipinski definition) is 1. The maximum atomic E-state index is 12.4. The zero-order valence-electron chi connectivity index (χ0n) is 14.9. The highest BCUT2D eigenvalue weighted by molar-refractivity contribution is 7.99. The Morgan fingerprint density at radius 2 is 2.08 bits per heavy atom. The first-order valence-corrected chi connectivity index (χ1v) is 11.0. The van der Waals surface area contributed by atoms with Crippen LogP contribution >= 0.6 is 23.1 Å². The molecule has 2 heterocycles. The second-order valence-electron chi connectivity index (χ2n) is 6.62. The van der Waals surface area contributed by atoms with E-state index in [2.05, 4.69) is 36.5 Å². The molecule has 0 bridgehead atoms. The van der Waals surface area contributed by atoms with E-state index in [1.165, 1.54) is 22.5 Å². The van der Waals surface area contributed by atoms with E-state index < -0.39 is 0 Å². The summed E-state index contributed by atoms with van der Waals surface area (Å²) in [4.78, 5) is 26.4. The summed E-state index contributed by atoms with van der Waals surface area (Å²) in [5.74, 6) is 1.57. The summed E-state index contributed by atoms with van der Waals surface area (Å²) in [5.41, 5.74) is 3.24. The molecule has 1 aromatic carbocycles. The average molecular weight is 389 g/mol. The first kappa shape index (κ1) is 19.0. The third-order valence-electron chi connectivity index (χ3n) is 4.54. The SMILES string of the molecule is Cc1cccc(CSCC(=O)N2CCC(NC(=O)c3ccsc3)CC2)c1. The van der Waals surface area contributed by atoms with Gasteiger partial charge in [0.25, 0.3) is 5.91 Å². The van der Waals surface area contributed by atoms with E-state index in [1.807, 2.05) is 21.7 Å². The topological polar surface area (TPSA) is 49.4 Å². The van der Waals surface area contributed by atoms with Gasteiger partial charge in [0.1, 0.15) is 0 Å². The van der Waals surface area contributed by atoms with Crippen LogP contribution in [-0.2, 0) is 10.5 Å². The van der Waals surface area contributed by atoms with Crippen molar-refractivity contribution in [1.29, 1.82) is 0 Å². The lowest BCUT2D eigenvalue weighted by molar-refractivity contribution is -0.129. The average Bonchev–Trinajstić information content (AvgIpc) is 3.17. The zero-order valence-corrected chi connectivity index (χ0v) is 16.6. The number of amides is 2. The van der Waals surface area contributed by atoms with Crippen LogP contribution in [0.5, 0.6) is 0 Å². The lowest BCUT2D eigenvalue weighted by Crippen LogP contribution is -2.47. The van der Waals surface area contributed by atoms with Gasteiger partial charge >= 0.3 is 0 Å². The summed E-state index contributed by atoms with van der Waals surface area (Å²) in [5, 5.41) is 6.84. The first-order valence-electron chi connectivity index (χ1n) is 8.86. The van der Waals surface area contributed by atoms with Gasteiger partial charge in [0, 0.05) is 35.8 Å². The van der Waals surface area contributed by atoms with Gasteiger partial charge in [-0.05, 0) is 36.8 Å². The molecule has 0 saturated carbocycles. The minimum Gasteiger partial charge on any atom is -0.349 e. The third kappa shape index (κ3) is 5.35. The summed E-state index contributed by atoms with van der Waals surface area (Å²) >= 11 is 3.19. The Morgan fingerprint density at radius 1 is 1.27 bits per heavy atom. The van der Waals surface area contributed by atoms with Crippen molar-refractivity contribution in [1.82, 2.24) is 10.2 Å². The highest BCUT2D eigenvalue weighted by atomic mass is 32.2. The van der Waals surface area contributed by atoms with Crippen molar-refractivity contribution in [2.24, 2.45) is 0 Å². The van der Waals surface area contributed by atoms with Crippen LogP contribution in [0.4, 0.5) is 0 Å². The Kier molecular flexibility index (Phi) is 6.74.